The first kappa shape index (κ1) is 20.8. The van der Waals surface area contributed by atoms with Crippen LogP contribution >= 0.6 is 0 Å². The van der Waals surface area contributed by atoms with Crippen LogP contribution in [-0.2, 0) is 9.59 Å². The van der Waals surface area contributed by atoms with Crippen LogP contribution in [0.4, 0.5) is 9.18 Å². The first-order chi connectivity index (χ1) is 13.7. The highest BCUT2D eigenvalue weighted by Gasteiger charge is 2.45. The third-order valence-electron chi connectivity index (χ3n) is 5.28. The summed E-state index contributed by atoms with van der Waals surface area (Å²) in [6.07, 6.45) is 0. The molecule has 0 spiro atoms. The molecule has 4 amide bonds. The second-order valence-electron chi connectivity index (χ2n) is 7.79. The van der Waals surface area contributed by atoms with E-state index in [4.69, 9.17) is 0 Å². The molecule has 1 aromatic carbocycles. The summed E-state index contributed by atoms with van der Waals surface area (Å²) in [7, 11) is 0. The summed E-state index contributed by atoms with van der Waals surface area (Å²) < 4.78 is 13.8. The van der Waals surface area contributed by atoms with Crippen LogP contribution in [0.2, 0.25) is 0 Å². The molecule has 156 valence electrons. The van der Waals surface area contributed by atoms with Gasteiger partial charge in [0.15, 0.2) is 0 Å². The minimum Gasteiger partial charge on any atom is -0.354 e. The van der Waals surface area contributed by atoms with E-state index in [-0.39, 0.29) is 24.4 Å². The summed E-state index contributed by atoms with van der Waals surface area (Å²) in [5.74, 6) is -0.710. The number of nitrogens with one attached hydrogen (secondary N) is 2. The molecule has 0 aromatic heterocycles. The normalized spacial score (nSPS) is 20.1. The zero-order chi connectivity index (χ0) is 21.3. The summed E-state index contributed by atoms with van der Waals surface area (Å²) in [5, 5.41) is 5.65. The van der Waals surface area contributed by atoms with Gasteiger partial charge in [-0.2, -0.15) is 0 Å². The molecule has 0 saturated carbocycles. The van der Waals surface area contributed by atoms with Gasteiger partial charge in [0, 0.05) is 13.1 Å². The fourth-order valence-electron chi connectivity index (χ4n) is 3.69. The van der Waals surface area contributed by atoms with Crippen LogP contribution in [0.1, 0.15) is 39.3 Å². The van der Waals surface area contributed by atoms with Gasteiger partial charge < -0.3 is 15.5 Å². The summed E-state index contributed by atoms with van der Waals surface area (Å²) in [4.78, 5) is 41.4. The number of benzene rings is 1. The van der Waals surface area contributed by atoms with Crippen molar-refractivity contribution in [1.82, 2.24) is 20.4 Å². The number of nitrogens with zero attached hydrogens (tertiary/aromatic N) is 2. The van der Waals surface area contributed by atoms with E-state index in [1.54, 1.807) is 19.1 Å². The number of hydrogen-bond donors (Lipinski definition) is 2. The van der Waals surface area contributed by atoms with Crippen molar-refractivity contribution in [2.24, 2.45) is 5.92 Å². The lowest BCUT2D eigenvalue weighted by atomic mass is 9.95. The predicted octanol–water partition coefficient (Wildman–Crippen LogP) is 2.17. The van der Waals surface area contributed by atoms with Crippen LogP contribution < -0.4 is 10.6 Å². The number of carbonyl (C=O) groups excluding carboxylic acids is 3. The van der Waals surface area contributed by atoms with E-state index < -0.39 is 17.9 Å². The Bertz CT molecular complexity index is 867. The molecular weight excluding hydrogens is 375 g/mol. The number of likely N-dealkylation sites (N-methyl/N-ethyl adjacent to an activating group) is 1. The van der Waals surface area contributed by atoms with E-state index in [9.17, 15) is 18.8 Å². The van der Waals surface area contributed by atoms with Crippen molar-refractivity contribution in [1.29, 1.82) is 0 Å². The lowest BCUT2D eigenvalue weighted by molar-refractivity contribution is -0.135. The summed E-state index contributed by atoms with van der Waals surface area (Å²) in [6.45, 7) is 8.55. The van der Waals surface area contributed by atoms with Crippen molar-refractivity contribution in [3.63, 3.8) is 0 Å². The van der Waals surface area contributed by atoms with E-state index in [0.29, 0.717) is 35.8 Å². The summed E-state index contributed by atoms with van der Waals surface area (Å²) in [6, 6.07) is 4.06. The number of halogens is 1. The highest BCUT2D eigenvalue weighted by Crippen LogP contribution is 2.37. The molecule has 2 N–H and O–H groups in total. The molecule has 2 unspecified atom stereocenters. The number of carbonyl (C=O) groups is 3. The van der Waals surface area contributed by atoms with E-state index in [1.165, 1.54) is 21.9 Å². The molecule has 2 heterocycles. The topological polar surface area (TPSA) is 81.8 Å². The van der Waals surface area contributed by atoms with Crippen LogP contribution in [0, 0.1) is 11.7 Å². The largest absolute Gasteiger partial charge is 0.354 e. The lowest BCUT2D eigenvalue weighted by Crippen LogP contribution is -2.47. The Morgan fingerprint density at radius 3 is 2.66 bits per heavy atom. The van der Waals surface area contributed by atoms with Crippen LogP contribution in [0.5, 0.6) is 0 Å². The summed E-state index contributed by atoms with van der Waals surface area (Å²) in [5.41, 5.74) is 1.45. The van der Waals surface area contributed by atoms with Crippen molar-refractivity contribution in [3.05, 3.63) is 46.9 Å². The number of urea groups is 1. The molecular formula is C21H27FN4O3. The fourth-order valence-corrected chi connectivity index (χ4v) is 3.69. The average molecular weight is 402 g/mol. The zero-order valence-corrected chi connectivity index (χ0v) is 17.2. The number of rotatable bonds is 6. The van der Waals surface area contributed by atoms with Gasteiger partial charge in [0.25, 0.3) is 5.91 Å². The van der Waals surface area contributed by atoms with Crippen LogP contribution in [-0.4, -0.2) is 53.3 Å². The molecule has 1 aromatic rings. The Morgan fingerprint density at radius 1 is 1.31 bits per heavy atom. The standard InChI is InChI=1S/C21H27FN4O3/c1-5-25-16-11-26(13(4)19(27)23-10-12(2)3)20(28)17(16)18(24-21(25)29)14-7-6-8-15(22)9-14/h6-9,12-13,18H,5,10-11H2,1-4H3,(H,23,27)(H,24,29). The minimum absolute atomic E-state index is 0.164. The molecule has 2 atom stereocenters. The van der Waals surface area contributed by atoms with Gasteiger partial charge in [0.05, 0.1) is 23.9 Å². The Balaban J connectivity index is 1.92. The molecule has 8 heteroatoms. The van der Waals surface area contributed by atoms with Crippen molar-refractivity contribution in [2.45, 2.75) is 39.8 Å². The van der Waals surface area contributed by atoms with Crippen molar-refractivity contribution in [2.75, 3.05) is 19.6 Å². The van der Waals surface area contributed by atoms with Crippen molar-refractivity contribution < 1.29 is 18.8 Å². The van der Waals surface area contributed by atoms with Crippen LogP contribution in [0.25, 0.3) is 0 Å². The molecule has 2 aliphatic rings. The monoisotopic (exact) mass is 402 g/mol. The van der Waals surface area contributed by atoms with Gasteiger partial charge in [-0.3, -0.25) is 14.5 Å². The number of hydrogen-bond acceptors (Lipinski definition) is 3. The smallest absolute Gasteiger partial charge is 0.322 e. The van der Waals surface area contributed by atoms with Crippen molar-refractivity contribution in [3.8, 4) is 0 Å². The second kappa shape index (κ2) is 8.23. The van der Waals surface area contributed by atoms with Gasteiger partial charge in [0.1, 0.15) is 11.9 Å². The average Bonchev–Trinajstić information content (AvgIpc) is 3.02. The molecule has 0 radical (unpaired) electrons. The maximum absolute atomic E-state index is 13.8. The van der Waals surface area contributed by atoms with Gasteiger partial charge >= 0.3 is 6.03 Å². The van der Waals surface area contributed by atoms with E-state index >= 15 is 0 Å². The number of amides is 4. The summed E-state index contributed by atoms with van der Waals surface area (Å²) >= 11 is 0. The van der Waals surface area contributed by atoms with Gasteiger partial charge in [-0.15, -0.1) is 0 Å². The minimum atomic E-state index is -0.751. The highest BCUT2D eigenvalue weighted by atomic mass is 19.1. The van der Waals surface area contributed by atoms with Gasteiger partial charge in [0.2, 0.25) is 5.91 Å². The maximum Gasteiger partial charge on any atom is 0.322 e. The third-order valence-corrected chi connectivity index (χ3v) is 5.28. The van der Waals surface area contributed by atoms with Gasteiger partial charge in [-0.1, -0.05) is 26.0 Å². The third kappa shape index (κ3) is 3.97. The molecule has 0 saturated heterocycles. The second-order valence-corrected chi connectivity index (χ2v) is 7.79. The Hall–Kier alpha value is -2.90. The predicted molar refractivity (Wildman–Crippen MR) is 106 cm³/mol. The Morgan fingerprint density at radius 2 is 2.03 bits per heavy atom. The SMILES string of the molecule is CCN1C(=O)NC(c2cccc(F)c2)C2=C1CN(C(C)C(=O)NCC(C)C)C2=O. The van der Waals surface area contributed by atoms with E-state index in [2.05, 4.69) is 10.6 Å². The van der Waals surface area contributed by atoms with Gasteiger partial charge in [-0.05, 0) is 37.5 Å². The van der Waals surface area contributed by atoms with E-state index in [1.807, 2.05) is 20.8 Å². The van der Waals surface area contributed by atoms with Crippen LogP contribution in [0.15, 0.2) is 35.5 Å². The zero-order valence-electron chi connectivity index (χ0n) is 17.2. The molecule has 0 fully saturated rings. The molecule has 2 aliphatic heterocycles. The van der Waals surface area contributed by atoms with Crippen molar-refractivity contribution >= 4 is 17.8 Å². The first-order valence-electron chi connectivity index (χ1n) is 9.89. The molecule has 7 nitrogen and oxygen atoms in total. The van der Waals surface area contributed by atoms with Gasteiger partial charge in [-0.25, -0.2) is 9.18 Å². The first-order valence-corrected chi connectivity index (χ1v) is 9.89. The molecule has 0 bridgehead atoms. The van der Waals surface area contributed by atoms with E-state index in [0.717, 1.165) is 0 Å². The quantitative estimate of drug-likeness (QED) is 0.765. The van der Waals surface area contributed by atoms with Crippen LogP contribution in [0.3, 0.4) is 0 Å². The Kier molecular flexibility index (Phi) is 5.91. The lowest BCUT2D eigenvalue weighted by Gasteiger charge is -2.32. The maximum atomic E-state index is 13.8. The molecule has 0 aliphatic carbocycles. The molecule has 3 rings (SSSR count). The molecule has 29 heavy (non-hydrogen) atoms. The highest BCUT2D eigenvalue weighted by molar-refractivity contribution is 6.03. The Labute approximate surface area is 169 Å². The fraction of sp³-hybridized carbons (Fsp3) is 0.476.